The van der Waals surface area contributed by atoms with Gasteiger partial charge in [-0.05, 0) is 12.1 Å². The van der Waals surface area contributed by atoms with Gasteiger partial charge in [0.05, 0.1) is 21.8 Å². The molecule has 0 atom stereocenters. The van der Waals surface area contributed by atoms with Crippen molar-refractivity contribution < 1.29 is 9.59 Å². The Morgan fingerprint density at radius 3 is 2.50 bits per heavy atom. The van der Waals surface area contributed by atoms with Crippen LogP contribution in [0.4, 0.5) is 5.69 Å². The summed E-state index contributed by atoms with van der Waals surface area (Å²) in [4.78, 5) is 32.7. The molecule has 2 aliphatic heterocycles. The summed E-state index contributed by atoms with van der Waals surface area (Å²) in [5.74, 6) is -0.143. The molecule has 2 aliphatic rings. The van der Waals surface area contributed by atoms with E-state index in [4.69, 9.17) is 11.6 Å². The number of halogens is 1. The maximum Gasteiger partial charge on any atom is 0.261 e. The van der Waals surface area contributed by atoms with Gasteiger partial charge in [0.15, 0.2) is 0 Å². The van der Waals surface area contributed by atoms with E-state index in [1.807, 2.05) is 22.9 Å². The first-order chi connectivity index (χ1) is 12.6. The van der Waals surface area contributed by atoms with Crippen molar-refractivity contribution in [3.63, 3.8) is 0 Å². The van der Waals surface area contributed by atoms with E-state index in [1.54, 1.807) is 30.5 Å². The van der Waals surface area contributed by atoms with Gasteiger partial charge in [-0.2, -0.15) is 0 Å². The zero-order valence-corrected chi connectivity index (χ0v) is 14.6. The van der Waals surface area contributed by atoms with Crippen LogP contribution in [0.5, 0.6) is 0 Å². The van der Waals surface area contributed by atoms with Crippen LogP contribution in [-0.2, 0) is 0 Å². The van der Waals surface area contributed by atoms with E-state index in [1.165, 1.54) is 4.90 Å². The van der Waals surface area contributed by atoms with Crippen molar-refractivity contribution in [1.29, 1.82) is 0 Å². The molecule has 0 radical (unpaired) electrons. The monoisotopic (exact) mass is 366 g/mol. The van der Waals surface area contributed by atoms with Crippen LogP contribution in [0.3, 0.4) is 0 Å². The normalized spacial score (nSPS) is 17.1. The Kier molecular flexibility index (Phi) is 3.30. The molecule has 0 bridgehead atoms. The molecule has 2 amide bonds. The van der Waals surface area contributed by atoms with Gasteiger partial charge in [-0.1, -0.05) is 23.7 Å². The molecule has 6 nitrogen and oxygen atoms in total. The van der Waals surface area contributed by atoms with E-state index in [9.17, 15) is 9.59 Å². The van der Waals surface area contributed by atoms with E-state index < -0.39 is 0 Å². The smallest absolute Gasteiger partial charge is 0.261 e. The highest BCUT2D eigenvalue weighted by Gasteiger charge is 2.39. The summed E-state index contributed by atoms with van der Waals surface area (Å²) < 4.78 is 1.93. The number of aromatic nitrogens is 2. The number of hydrogen-bond donors (Lipinski definition) is 0. The minimum atomic E-state index is -0.193. The maximum atomic E-state index is 12.5. The second-order valence-electron chi connectivity index (χ2n) is 6.74. The highest BCUT2D eigenvalue weighted by molar-refractivity contribution is 6.33. The lowest BCUT2D eigenvalue weighted by Crippen LogP contribution is -2.52. The van der Waals surface area contributed by atoms with E-state index in [-0.39, 0.29) is 17.7 Å². The number of fused-ring (bicyclic) bond motifs is 2. The predicted molar refractivity (Wildman–Crippen MR) is 97.7 cm³/mol. The molecular weight excluding hydrogens is 352 g/mol. The van der Waals surface area contributed by atoms with E-state index in [0.717, 1.165) is 24.4 Å². The van der Waals surface area contributed by atoms with Crippen LogP contribution in [-0.4, -0.2) is 45.7 Å². The zero-order valence-electron chi connectivity index (χ0n) is 13.8. The molecule has 1 aromatic carbocycles. The summed E-state index contributed by atoms with van der Waals surface area (Å²) in [6, 6.07) is 8.83. The molecule has 1 saturated heterocycles. The first-order valence-corrected chi connectivity index (χ1v) is 8.82. The van der Waals surface area contributed by atoms with Gasteiger partial charge in [0.25, 0.3) is 11.8 Å². The van der Waals surface area contributed by atoms with Crippen LogP contribution in [0.1, 0.15) is 20.7 Å². The number of amides is 2. The number of imidazole rings is 1. The topological polar surface area (TPSA) is 57.9 Å². The van der Waals surface area contributed by atoms with Crippen molar-refractivity contribution in [2.45, 2.75) is 0 Å². The molecule has 0 saturated carbocycles. The summed E-state index contributed by atoms with van der Waals surface area (Å²) in [6.07, 6.45) is 5.57. The zero-order chi connectivity index (χ0) is 17.8. The lowest BCUT2D eigenvalue weighted by molar-refractivity contribution is 0.0620. The van der Waals surface area contributed by atoms with Crippen LogP contribution < -0.4 is 4.90 Å². The highest BCUT2D eigenvalue weighted by Crippen LogP contribution is 2.33. The SMILES string of the molecule is O=C1c2ccccc2C(=O)N1CC1CN(c2cn3ccnc3cc2Cl)C1. The molecule has 2 aromatic heterocycles. The summed E-state index contributed by atoms with van der Waals surface area (Å²) in [6.45, 7) is 1.95. The average Bonchev–Trinajstić information content (AvgIpc) is 3.15. The Bertz CT molecular complexity index is 1020. The Labute approximate surface area is 154 Å². The number of carbonyl (C=O) groups excluding carboxylic acids is 2. The van der Waals surface area contributed by atoms with E-state index in [2.05, 4.69) is 9.88 Å². The van der Waals surface area contributed by atoms with Gasteiger partial charge in [0.2, 0.25) is 0 Å². The fraction of sp³-hybridized carbons (Fsp3) is 0.211. The standard InChI is InChI=1S/C19H15ClN4O2/c20-15-7-17-21-5-6-22(17)11-16(15)23-8-12(9-23)10-24-18(25)13-3-1-2-4-14(13)19(24)26/h1-7,11-12H,8-10H2. The first kappa shape index (κ1) is 15.4. The summed E-state index contributed by atoms with van der Waals surface area (Å²) in [5.41, 5.74) is 2.75. The molecule has 4 heterocycles. The summed E-state index contributed by atoms with van der Waals surface area (Å²) in [5, 5.41) is 0.655. The third kappa shape index (κ3) is 2.22. The van der Waals surface area contributed by atoms with Crippen molar-refractivity contribution in [2.75, 3.05) is 24.5 Å². The fourth-order valence-electron chi connectivity index (χ4n) is 3.70. The largest absolute Gasteiger partial charge is 0.368 e. The minimum absolute atomic E-state index is 0.193. The van der Waals surface area contributed by atoms with Crippen LogP contribution >= 0.6 is 11.6 Å². The second kappa shape index (κ2) is 5.57. The molecule has 130 valence electrons. The molecule has 0 unspecified atom stereocenters. The number of rotatable bonds is 3. The van der Waals surface area contributed by atoms with Gasteiger partial charge in [-0.3, -0.25) is 14.5 Å². The molecule has 7 heteroatoms. The van der Waals surface area contributed by atoms with Crippen LogP contribution in [0.15, 0.2) is 48.9 Å². The van der Waals surface area contributed by atoms with Crippen molar-refractivity contribution in [2.24, 2.45) is 5.92 Å². The van der Waals surface area contributed by atoms with Crippen molar-refractivity contribution in [3.8, 4) is 0 Å². The number of imide groups is 1. The Morgan fingerprint density at radius 2 is 1.81 bits per heavy atom. The molecule has 0 aliphatic carbocycles. The van der Waals surface area contributed by atoms with Crippen LogP contribution in [0.2, 0.25) is 5.02 Å². The molecule has 0 N–H and O–H groups in total. The fourth-order valence-corrected chi connectivity index (χ4v) is 3.97. The molecule has 26 heavy (non-hydrogen) atoms. The van der Waals surface area contributed by atoms with Gasteiger partial charge < -0.3 is 9.30 Å². The molecule has 1 fully saturated rings. The quantitative estimate of drug-likeness (QED) is 0.669. The number of carbonyl (C=O) groups is 2. The lowest BCUT2D eigenvalue weighted by atomic mass is 9.98. The number of benzene rings is 1. The van der Waals surface area contributed by atoms with Crippen molar-refractivity contribution >= 4 is 34.7 Å². The summed E-state index contributed by atoms with van der Waals surface area (Å²) >= 11 is 6.38. The predicted octanol–water partition coefficient (Wildman–Crippen LogP) is 2.72. The maximum absolute atomic E-state index is 12.5. The molecule has 0 spiro atoms. The molecule has 3 aromatic rings. The van der Waals surface area contributed by atoms with Gasteiger partial charge in [0, 0.05) is 50.2 Å². The van der Waals surface area contributed by atoms with Gasteiger partial charge >= 0.3 is 0 Å². The van der Waals surface area contributed by atoms with Crippen LogP contribution in [0, 0.1) is 5.92 Å². The number of nitrogens with zero attached hydrogens (tertiary/aromatic N) is 4. The van der Waals surface area contributed by atoms with E-state index in [0.29, 0.717) is 22.7 Å². The van der Waals surface area contributed by atoms with Crippen LogP contribution in [0.25, 0.3) is 5.65 Å². The first-order valence-electron chi connectivity index (χ1n) is 8.44. The molecule has 5 rings (SSSR count). The van der Waals surface area contributed by atoms with Gasteiger partial charge in [-0.15, -0.1) is 0 Å². The third-order valence-corrected chi connectivity index (χ3v) is 5.38. The Balaban J connectivity index is 1.30. The Hall–Kier alpha value is -2.86. The second-order valence-corrected chi connectivity index (χ2v) is 7.14. The average molecular weight is 367 g/mol. The lowest BCUT2D eigenvalue weighted by Gasteiger charge is -2.42. The highest BCUT2D eigenvalue weighted by atomic mass is 35.5. The number of pyridine rings is 1. The molecular formula is C19H15ClN4O2. The van der Waals surface area contributed by atoms with Crippen molar-refractivity contribution in [1.82, 2.24) is 14.3 Å². The summed E-state index contributed by atoms with van der Waals surface area (Å²) in [7, 11) is 0. The minimum Gasteiger partial charge on any atom is -0.368 e. The Morgan fingerprint density at radius 1 is 1.12 bits per heavy atom. The number of anilines is 1. The van der Waals surface area contributed by atoms with Crippen molar-refractivity contribution in [3.05, 3.63) is 65.1 Å². The van der Waals surface area contributed by atoms with Gasteiger partial charge in [0.1, 0.15) is 5.65 Å². The van der Waals surface area contributed by atoms with Gasteiger partial charge in [-0.25, -0.2) is 4.98 Å². The number of hydrogen-bond acceptors (Lipinski definition) is 4. The van der Waals surface area contributed by atoms with E-state index >= 15 is 0 Å². The third-order valence-electron chi connectivity index (χ3n) is 5.08.